The highest BCUT2D eigenvalue weighted by molar-refractivity contribution is 6.36. The van der Waals surface area contributed by atoms with E-state index in [4.69, 9.17) is 21.3 Å². The molecular weight excluding hydrogens is 519 g/mol. The number of aromatic amines is 1. The van der Waals surface area contributed by atoms with Gasteiger partial charge in [-0.15, -0.1) is 0 Å². The van der Waals surface area contributed by atoms with Crippen molar-refractivity contribution in [1.82, 2.24) is 34.6 Å². The van der Waals surface area contributed by atoms with Crippen LogP contribution in [-0.2, 0) is 0 Å². The Morgan fingerprint density at radius 3 is 2.66 bits per heavy atom. The number of aryl methyl sites for hydroxylation is 1. The van der Waals surface area contributed by atoms with E-state index in [0.717, 1.165) is 22.4 Å². The molecular formula is C26H23ClF3N7O. The maximum absolute atomic E-state index is 12.7. The van der Waals surface area contributed by atoms with Gasteiger partial charge in [0.1, 0.15) is 27.9 Å². The maximum Gasteiger partial charge on any atom is 0.401 e. The summed E-state index contributed by atoms with van der Waals surface area (Å²) in [6.45, 7) is 1.77. The third-order valence-corrected chi connectivity index (χ3v) is 7.01. The fourth-order valence-electron chi connectivity index (χ4n) is 4.82. The smallest absolute Gasteiger partial charge is 0.401 e. The number of H-pyrrole nitrogens is 1. The molecule has 12 heteroatoms. The normalized spacial score (nSPS) is 15.5. The lowest BCUT2D eigenvalue weighted by atomic mass is 10.1. The zero-order valence-electron chi connectivity index (χ0n) is 20.3. The minimum absolute atomic E-state index is 0.0289. The molecule has 196 valence electrons. The van der Waals surface area contributed by atoms with E-state index in [9.17, 15) is 13.2 Å². The number of imidazole rings is 1. The quantitative estimate of drug-likeness (QED) is 0.280. The number of halogens is 4. The number of ether oxygens (including phenoxy) is 1. The molecule has 8 nitrogen and oxygen atoms in total. The molecule has 3 aromatic heterocycles. The van der Waals surface area contributed by atoms with Gasteiger partial charge in [-0.1, -0.05) is 11.6 Å². The third-order valence-electron chi connectivity index (χ3n) is 6.65. The van der Waals surface area contributed by atoms with E-state index in [2.05, 4.69) is 20.1 Å². The summed E-state index contributed by atoms with van der Waals surface area (Å²) >= 11 is 6.71. The summed E-state index contributed by atoms with van der Waals surface area (Å²) in [5, 5.41) is 4.80. The van der Waals surface area contributed by atoms with Crippen LogP contribution in [0, 0.1) is 6.92 Å². The van der Waals surface area contributed by atoms with Gasteiger partial charge in [0.05, 0.1) is 47.2 Å². The molecule has 0 atom stereocenters. The molecule has 0 unspecified atom stereocenters. The number of likely N-dealkylation sites (tertiary alicyclic amines) is 1. The molecule has 1 saturated heterocycles. The number of nitrogens with zero attached hydrogens (tertiary/aromatic N) is 6. The first-order valence-electron chi connectivity index (χ1n) is 12.1. The molecule has 4 heterocycles. The number of benzene rings is 2. The zero-order chi connectivity index (χ0) is 26.4. The topological polar surface area (TPSA) is 84.8 Å². The lowest BCUT2D eigenvalue weighted by molar-refractivity contribution is -0.148. The molecule has 1 fully saturated rings. The van der Waals surface area contributed by atoms with E-state index in [-0.39, 0.29) is 6.04 Å². The minimum atomic E-state index is -4.18. The van der Waals surface area contributed by atoms with Gasteiger partial charge in [0, 0.05) is 30.9 Å². The zero-order valence-corrected chi connectivity index (χ0v) is 21.1. The summed E-state index contributed by atoms with van der Waals surface area (Å²) in [4.78, 5) is 18.3. The second-order valence-corrected chi connectivity index (χ2v) is 9.81. The Bertz CT molecular complexity index is 1620. The Morgan fingerprint density at radius 2 is 1.87 bits per heavy atom. The highest BCUT2D eigenvalue weighted by Gasteiger charge is 2.33. The minimum Gasteiger partial charge on any atom is -0.456 e. The molecule has 0 radical (unpaired) electrons. The molecule has 0 amide bonds. The molecule has 1 aliphatic heterocycles. The molecule has 1 N–H and O–H groups in total. The van der Waals surface area contributed by atoms with E-state index in [1.54, 1.807) is 29.2 Å². The van der Waals surface area contributed by atoms with Gasteiger partial charge in [-0.3, -0.25) is 14.6 Å². The van der Waals surface area contributed by atoms with Gasteiger partial charge >= 0.3 is 6.18 Å². The Labute approximate surface area is 220 Å². The number of hydrogen-bond donors (Lipinski definition) is 1. The third kappa shape index (κ3) is 5.03. The molecule has 0 spiro atoms. The number of nitrogens with one attached hydrogen (secondary N) is 1. The molecule has 1 aliphatic rings. The molecule has 0 bridgehead atoms. The van der Waals surface area contributed by atoms with Gasteiger partial charge in [-0.2, -0.15) is 18.3 Å². The van der Waals surface area contributed by atoms with E-state index in [1.165, 1.54) is 4.90 Å². The van der Waals surface area contributed by atoms with Crippen molar-refractivity contribution >= 4 is 33.7 Å². The summed E-state index contributed by atoms with van der Waals surface area (Å²) in [5.41, 5.74) is 4.17. The first-order chi connectivity index (χ1) is 18.2. The molecule has 0 aliphatic carbocycles. The number of hydrogen-bond acceptors (Lipinski definition) is 6. The SMILES string of the molecule is Cc1nc2ccc(Oc3ccc4ncc(-c5cnn(C6CCN(CC(F)(F)F)CC6)c5)nc4c3Cl)cc2[nH]1. The fraction of sp³-hybridized carbons (Fsp3) is 0.308. The van der Waals surface area contributed by atoms with Gasteiger partial charge in [-0.25, -0.2) is 9.97 Å². The lowest BCUT2D eigenvalue weighted by Gasteiger charge is -2.32. The van der Waals surface area contributed by atoms with Crippen molar-refractivity contribution in [3.05, 3.63) is 59.8 Å². The predicted molar refractivity (Wildman–Crippen MR) is 137 cm³/mol. The van der Waals surface area contributed by atoms with E-state index < -0.39 is 12.7 Å². The molecule has 38 heavy (non-hydrogen) atoms. The standard InChI is InChI=1S/C26H23ClF3N7O/c1-15-33-19-3-2-18(10-21(19)34-15)38-23-5-4-20-25(24(23)27)35-22(12-31-20)16-11-32-37(13-16)17-6-8-36(9-7-17)14-26(28,29)30/h2-5,10-13,17H,6-9,14H2,1H3,(H,33,34). The Balaban J connectivity index is 1.21. The van der Waals surface area contributed by atoms with E-state index in [0.29, 0.717) is 59.2 Å². The van der Waals surface area contributed by atoms with Crippen molar-refractivity contribution in [2.75, 3.05) is 19.6 Å². The first-order valence-corrected chi connectivity index (χ1v) is 12.5. The maximum atomic E-state index is 12.7. The van der Waals surface area contributed by atoms with Crippen LogP contribution in [0.1, 0.15) is 24.7 Å². The summed E-state index contributed by atoms with van der Waals surface area (Å²) in [7, 11) is 0. The molecule has 0 saturated carbocycles. The van der Waals surface area contributed by atoms with Crippen LogP contribution in [0.3, 0.4) is 0 Å². The van der Waals surface area contributed by atoms with Gasteiger partial charge < -0.3 is 9.72 Å². The number of fused-ring (bicyclic) bond motifs is 2. The number of piperidine rings is 1. The Hall–Kier alpha value is -3.70. The van der Waals surface area contributed by atoms with Crippen LogP contribution in [0.4, 0.5) is 13.2 Å². The molecule has 5 aromatic rings. The summed E-state index contributed by atoms with van der Waals surface area (Å²) in [6.07, 6.45) is 2.21. The molecule has 2 aromatic carbocycles. The van der Waals surface area contributed by atoms with Crippen molar-refractivity contribution in [2.24, 2.45) is 0 Å². The van der Waals surface area contributed by atoms with Crippen LogP contribution in [0.5, 0.6) is 11.5 Å². The van der Waals surface area contributed by atoms with Crippen molar-refractivity contribution < 1.29 is 17.9 Å². The second-order valence-electron chi connectivity index (χ2n) is 9.44. The fourth-order valence-corrected chi connectivity index (χ4v) is 5.06. The van der Waals surface area contributed by atoms with Crippen LogP contribution in [-0.4, -0.2) is 60.4 Å². The van der Waals surface area contributed by atoms with Crippen LogP contribution in [0.25, 0.3) is 33.3 Å². The lowest BCUT2D eigenvalue weighted by Crippen LogP contribution is -2.40. The summed E-state index contributed by atoms with van der Waals surface area (Å²) in [6, 6.07) is 9.14. The Kier molecular flexibility index (Phi) is 6.19. The highest BCUT2D eigenvalue weighted by atomic mass is 35.5. The van der Waals surface area contributed by atoms with Crippen molar-refractivity contribution in [3.63, 3.8) is 0 Å². The number of alkyl halides is 3. The van der Waals surface area contributed by atoms with Crippen LogP contribution < -0.4 is 4.74 Å². The first kappa shape index (κ1) is 24.6. The number of aromatic nitrogens is 6. The van der Waals surface area contributed by atoms with Crippen molar-refractivity contribution in [2.45, 2.75) is 32.0 Å². The van der Waals surface area contributed by atoms with Crippen LogP contribution >= 0.6 is 11.6 Å². The van der Waals surface area contributed by atoms with Gasteiger partial charge in [-0.05, 0) is 44.0 Å². The van der Waals surface area contributed by atoms with Gasteiger partial charge in [0.2, 0.25) is 0 Å². The largest absolute Gasteiger partial charge is 0.456 e. The van der Waals surface area contributed by atoms with Crippen LogP contribution in [0.15, 0.2) is 48.9 Å². The van der Waals surface area contributed by atoms with E-state index in [1.807, 2.05) is 31.3 Å². The van der Waals surface area contributed by atoms with Gasteiger partial charge in [0.15, 0.2) is 0 Å². The highest BCUT2D eigenvalue weighted by Crippen LogP contribution is 2.36. The summed E-state index contributed by atoms with van der Waals surface area (Å²) in [5.74, 6) is 1.87. The monoisotopic (exact) mass is 541 g/mol. The van der Waals surface area contributed by atoms with Crippen molar-refractivity contribution in [3.8, 4) is 22.8 Å². The van der Waals surface area contributed by atoms with Gasteiger partial charge in [0.25, 0.3) is 0 Å². The average Bonchev–Trinajstić information content (AvgIpc) is 3.51. The number of rotatable bonds is 5. The summed E-state index contributed by atoms with van der Waals surface area (Å²) < 4.78 is 45.9. The van der Waals surface area contributed by atoms with Crippen molar-refractivity contribution in [1.29, 1.82) is 0 Å². The Morgan fingerprint density at radius 1 is 1.08 bits per heavy atom. The average molecular weight is 542 g/mol. The predicted octanol–water partition coefficient (Wildman–Crippen LogP) is 6.32. The second kappa shape index (κ2) is 9.55. The van der Waals surface area contributed by atoms with E-state index >= 15 is 0 Å². The van der Waals surface area contributed by atoms with Crippen LogP contribution in [0.2, 0.25) is 5.02 Å². The molecule has 6 rings (SSSR count).